The smallest absolute Gasteiger partial charge is 0.356 e. The fourth-order valence-corrected chi connectivity index (χ4v) is 5.51. The summed E-state index contributed by atoms with van der Waals surface area (Å²) in [5.74, 6) is 1.55. The summed E-state index contributed by atoms with van der Waals surface area (Å²) in [6.07, 6.45) is 5.46. The van der Waals surface area contributed by atoms with Gasteiger partial charge in [0.25, 0.3) is 0 Å². The summed E-state index contributed by atoms with van der Waals surface area (Å²) < 4.78 is 42.6. The summed E-state index contributed by atoms with van der Waals surface area (Å²) >= 11 is 0. The van der Waals surface area contributed by atoms with Gasteiger partial charge in [-0.2, -0.15) is 0 Å². The van der Waals surface area contributed by atoms with Gasteiger partial charge in [0.1, 0.15) is 18.2 Å². The highest BCUT2D eigenvalue weighted by molar-refractivity contribution is 7.53. The number of hydrogen-bond acceptors (Lipinski definition) is 6. The molecular weight excluding hydrogens is 417 g/mol. The molecule has 1 saturated carbocycles. The number of hydrogen-bond donors (Lipinski definition) is 0. The highest BCUT2D eigenvalue weighted by Crippen LogP contribution is 2.47. The molecular formula is C23H36NO6P. The molecule has 1 heterocycles. The summed E-state index contributed by atoms with van der Waals surface area (Å²) in [6, 6.07) is 8.24. The van der Waals surface area contributed by atoms with E-state index in [0.717, 1.165) is 29.5 Å². The number of methoxy groups -OCH3 is 1. The van der Waals surface area contributed by atoms with E-state index in [1.165, 1.54) is 6.42 Å². The lowest BCUT2D eigenvalue weighted by Crippen LogP contribution is -2.38. The zero-order valence-corrected chi connectivity index (χ0v) is 20.0. The molecule has 1 aromatic carbocycles. The van der Waals surface area contributed by atoms with Gasteiger partial charge >= 0.3 is 7.60 Å². The van der Waals surface area contributed by atoms with Gasteiger partial charge in [-0.1, -0.05) is 6.92 Å². The van der Waals surface area contributed by atoms with Crippen molar-refractivity contribution in [1.29, 1.82) is 0 Å². The molecule has 31 heavy (non-hydrogen) atoms. The van der Waals surface area contributed by atoms with Crippen LogP contribution in [-0.2, 0) is 29.6 Å². The maximum atomic E-state index is 12.5. The Morgan fingerprint density at radius 3 is 2.58 bits per heavy atom. The zero-order valence-electron chi connectivity index (χ0n) is 19.1. The molecule has 2 aromatic rings. The number of benzene rings is 1. The quantitative estimate of drug-likeness (QED) is 0.314. The molecule has 1 fully saturated rings. The maximum Gasteiger partial charge on any atom is 0.356 e. The minimum absolute atomic E-state index is 0.0352. The van der Waals surface area contributed by atoms with E-state index in [9.17, 15) is 4.57 Å². The molecule has 3 atom stereocenters. The molecule has 1 unspecified atom stereocenters. The molecule has 0 spiro atoms. The summed E-state index contributed by atoms with van der Waals surface area (Å²) in [4.78, 5) is 0. The van der Waals surface area contributed by atoms with Crippen LogP contribution in [0.5, 0.6) is 5.75 Å². The summed E-state index contributed by atoms with van der Waals surface area (Å²) in [5.41, 5.74) is 1.11. The van der Waals surface area contributed by atoms with Crippen LogP contribution < -0.4 is 4.74 Å². The van der Waals surface area contributed by atoms with Gasteiger partial charge in [0.2, 0.25) is 0 Å². The van der Waals surface area contributed by atoms with Crippen LogP contribution in [0.1, 0.15) is 40.0 Å². The zero-order chi connectivity index (χ0) is 22.3. The molecule has 0 bridgehead atoms. The molecule has 1 aliphatic rings. The van der Waals surface area contributed by atoms with Crippen molar-refractivity contribution in [2.75, 3.05) is 33.3 Å². The van der Waals surface area contributed by atoms with Crippen LogP contribution >= 0.6 is 7.60 Å². The first-order chi connectivity index (χ1) is 15.0. The number of aromatic nitrogens is 1. The standard InChI is InChI=1S/C23H36NO6P/c1-5-28-31(25,29-6-2)17-27-14-13-24-12-11-19-16-20(8-9-21(19)24)30-22-10-7-18(3)15-23(22)26-4/h8-9,11-12,16,18,22-23H,5-7,10,13-15,17H2,1-4H3/t18?,22-,23-/m1/s1. The molecule has 0 N–H and O–H groups in total. The van der Waals surface area contributed by atoms with E-state index in [1.807, 2.05) is 12.3 Å². The average Bonchev–Trinajstić information content (AvgIpc) is 3.15. The second-order valence-corrected chi connectivity index (χ2v) is 10.1. The predicted octanol–water partition coefficient (Wildman–Crippen LogP) is 5.46. The Morgan fingerprint density at radius 2 is 1.87 bits per heavy atom. The van der Waals surface area contributed by atoms with Crippen LogP contribution in [0, 0.1) is 5.92 Å². The lowest BCUT2D eigenvalue weighted by Gasteiger charge is -2.34. The van der Waals surface area contributed by atoms with Crippen molar-refractivity contribution in [2.24, 2.45) is 5.92 Å². The second kappa shape index (κ2) is 11.5. The van der Waals surface area contributed by atoms with Gasteiger partial charge in [-0.05, 0) is 63.3 Å². The number of nitrogens with zero attached hydrogens (tertiary/aromatic N) is 1. The minimum Gasteiger partial charge on any atom is -0.488 e. The van der Waals surface area contributed by atoms with Gasteiger partial charge in [0.15, 0.2) is 0 Å². The molecule has 0 aliphatic heterocycles. The molecule has 8 heteroatoms. The third-order valence-electron chi connectivity index (χ3n) is 5.70. The Balaban J connectivity index is 1.56. The van der Waals surface area contributed by atoms with E-state index in [0.29, 0.717) is 32.3 Å². The van der Waals surface area contributed by atoms with Gasteiger partial charge in [0, 0.05) is 30.8 Å². The minimum atomic E-state index is -3.17. The molecule has 0 saturated heterocycles. The van der Waals surface area contributed by atoms with Crippen LogP contribution in [0.3, 0.4) is 0 Å². The molecule has 174 valence electrons. The average molecular weight is 454 g/mol. The van der Waals surface area contributed by atoms with Crippen LogP contribution in [0.15, 0.2) is 30.5 Å². The fraction of sp³-hybridized carbons (Fsp3) is 0.652. The van der Waals surface area contributed by atoms with E-state index in [4.69, 9.17) is 23.3 Å². The third-order valence-corrected chi connectivity index (χ3v) is 7.51. The van der Waals surface area contributed by atoms with Crippen molar-refractivity contribution < 1.29 is 27.8 Å². The first-order valence-corrected chi connectivity index (χ1v) is 12.9. The van der Waals surface area contributed by atoms with Crippen molar-refractivity contribution in [3.8, 4) is 5.75 Å². The van der Waals surface area contributed by atoms with Gasteiger partial charge in [-0.3, -0.25) is 4.57 Å². The SMILES string of the molecule is CCOP(=O)(COCCn1ccc2cc(O[C@@H]3CCC(C)C[C@H]3OC)ccc21)OCC. The van der Waals surface area contributed by atoms with Gasteiger partial charge in [-0.15, -0.1) is 0 Å². The number of rotatable bonds is 12. The summed E-state index contributed by atoms with van der Waals surface area (Å²) in [6.45, 7) is 7.58. The summed E-state index contributed by atoms with van der Waals surface area (Å²) in [7, 11) is -1.40. The van der Waals surface area contributed by atoms with Gasteiger partial charge in [-0.25, -0.2) is 0 Å². The number of ether oxygens (including phenoxy) is 3. The van der Waals surface area contributed by atoms with E-state index < -0.39 is 7.60 Å². The van der Waals surface area contributed by atoms with Crippen LogP contribution in [0.25, 0.3) is 10.9 Å². The first-order valence-electron chi connectivity index (χ1n) is 11.2. The van der Waals surface area contributed by atoms with Crippen molar-refractivity contribution in [3.05, 3.63) is 30.5 Å². The van der Waals surface area contributed by atoms with Crippen molar-refractivity contribution in [1.82, 2.24) is 4.57 Å². The highest BCUT2D eigenvalue weighted by atomic mass is 31.2. The lowest BCUT2D eigenvalue weighted by molar-refractivity contribution is -0.0356. The molecule has 3 rings (SSSR count). The summed E-state index contributed by atoms with van der Waals surface area (Å²) in [5, 5.41) is 1.12. The lowest BCUT2D eigenvalue weighted by atomic mass is 9.86. The van der Waals surface area contributed by atoms with Gasteiger partial charge in [0.05, 0.1) is 25.9 Å². The van der Waals surface area contributed by atoms with Gasteiger partial charge < -0.3 is 27.8 Å². The normalized spacial score (nSPS) is 22.1. The first kappa shape index (κ1) is 24.3. The fourth-order valence-electron chi connectivity index (χ4n) is 4.15. The van der Waals surface area contributed by atoms with Crippen LogP contribution in [-0.4, -0.2) is 50.1 Å². The van der Waals surface area contributed by atoms with Crippen molar-refractivity contribution in [3.63, 3.8) is 0 Å². The van der Waals surface area contributed by atoms with Crippen LogP contribution in [0.4, 0.5) is 0 Å². The largest absolute Gasteiger partial charge is 0.488 e. The third kappa shape index (κ3) is 6.56. The maximum absolute atomic E-state index is 12.5. The monoisotopic (exact) mass is 453 g/mol. The Labute approximate surface area is 185 Å². The van der Waals surface area contributed by atoms with E-state index in [2.05, 4.69) is 29.7 Å². The van der Waals surface area contributed by atoms with E-state index >= 15 is 0 Å². The second-order valence-electron chi connectivity index (χ2n) is 8.06. The van der Waals surface area contributed by atoms with Crippen molar-refractivity contribution >= 4 is 18.5 Å². The van der Waals surface area contributed by atoms with E-state index in [1.54, 1.807) is 21.0 Å². The molecule has 1 aliphatic carbocycles. The Morgan fingerprint density at radius 1 is 1.10 bits per heavy atom. The molecule has 7 nitrogen and oxygen atoms in total. The van der Waals surface area contributed by atoms with E-state index in [-0.39, 0.29) is 18.6 Å². The van der Waals surface area contributed by atoms with Crippen molar-refractivity contribution in [2.45, 2.75) is 58.8 Å². The molecule has 0 amide bonds. The Hall–Kier alpha value is -1.37. The molecule has 1 aromatic heterocycles. The Kier molecular flexibility index (Phi) is 8.99. The molecule has 0 radical (unpaired) electrons. The highest BCUT2D eigenvalue weighted by Gasteiger charge is 2.30. The predicted molar refractivity (Wildman–Crippen MR) is 122 cm³/mol. The number of fused-ring (bicyclic) bond motifs is 1. The topological polar surface area (TPSA) is 68.2 Å². The Bertz CT molecular complexity index is 859. The van der Waals surface area contributed by atoms with Crippen LogP contribution in [0.2, 0.25) is 0 Å².